The van der Waals surface area contributed by atoms with Crippen LogP contribution in [0.3, 0.4) is 0 Å². The standard InChI is InChI=1S/C23H18ClN3O5/c1-27(22(30)18-9-15(23(31)32)4-5-16(18)13-28)17-6-7-20(24)19(10-17)21(29)26-12-14-3-2-8-25-11-14/h2-11,13H,12H2,1H3,(H,26,29)(H,31,32). The van der Waals surface area contributed by atoms with Gasteiger partial charge in [0, 0.05) is 37.2 Å². The molecule has 0 atom stereocenters. The first-order chi connectivity index (χ1) is 15.3. The molecule has 8 nitrogen and oxygen atoms in total. The Labute approximate surface area is 188 Å². The summed E-state index contributed by atoms with van der Waals surface area (Å²) in [5, 5.41) is 12.1. The highest BCUT2D eigenvalue weighted by Crippen LogP contribution is 2.25. The van der Waals surface area contributed by atoms with Gasteiger partial charge in [-0.05, 0) is 42.0 Å². The number of aromatic carboxylic acids is 1. The molecular weight excluding hydrogens is 434 g/mol. The number of nitrogens with one attached hydrogen (secondary N) is 1. The van der Waals surface area contributed by atoms with Crippen LogP contribution < -0.4 is 10.2 Å². The van der Waals surface area contributed by atoms with Crippen LogP contribution in [0.25, 0.3) is 0 Å². The number of carboxylic acids is 1. The maximum Gasteiger partial charge on any atom is 0.335 e. The lowest BCUT2D eigenvalue weighted by molar-refractivity contribution is 0.0696. The molecule has 2 aromatic carbocycles. The minimum atomic E-state index is -1.22. The molecule has 3 aromatic rings. The molecule has 1 aromatic heterocycles. The number of amides is 2. The summed E-state index contributed by atoms with van der Waals surface area (Å²) in [6, 6.07) is 11.7. The van der Waals surface area contributed by atoms with Gasteiger partial charge in [-0.3, -0.25) is 19.4 Å². The highest BCUT2D eigenvalue weighted by Gasteiger charge is 2.21. The van der Waals surface area contributed by atoms with E-state index in [1.807, 2.05) is 6.07 Å². The average molecular weight is 452 g/mol. The van der Waals surface area contributed by atoms with Gasteiger partial charge in [0.05, 0.1) is 21.7 Å². The molecule has 0 fully saturated rings. The van der Waals surface area contributed by atoms with Crippen molar-refractivity contribution in [2.45, 2.75) is 6.54 Å². The number of halogens is 1. The van der Waals surface area contributed by atoms with E-state index in [1.165, 1.54) is 36.2 Å². The molecule has 0 aliphatic carbocycles. The number of carbonyl (C=O) groups excluding carboxylic acids is 3. The Morgan fingerprint density at radius 3 is 2.56 bits per heavy atom. The van der Waals surface area contributed by atoms with E-state index in [-0.39, 0.29) is 33.8 Å². The van der Waals surface area contributed by atoms with Gasteiger partial charge in [-0.15, -0.1) is 0 Å². The molecule has 0 aliphatic rings. The predicted molar refractivity (Wildman–Crippen MR) is 118 cm³/mol. The Balaban J connectivity index is 1.86. The van der Waals surface area contributed by atoms with Gasteiger partial charge in [0.15, 0.2) is 6.29 Å². The molecule has 3 rings (SSSR count). The quantitative estimate of drug-likeness (QED) is 0.531. The summed E-state index contributed by atoms with van der Waals surface area (Å²) in [5.74, 6) is -2.28. The fraction of sp³-hybridized carbons (Fsp3) is 0.0870. The molecule has 0 spiro atoms. The van der Waals surface area contributed by atoms with Gasteiger partial charge in [-0.2, -0.15) is 0 Å². The Hall–Kier alpha value is -4.04. The highest BCUT2D eigenvalue weighted by molar-refractivity contribution is 6.34. The largest absolute Gasteiger partial charge is 0.478 e. The molecule has 0 radical (unpaired) electrons. The number of aldehydes is 1. The third kappa shape index (κ3) is 4.98. The van der Waals surface area contributed by atoms with Crippen molar-refractivity contribution >= 4 is 41.4 Å². The SMILES string of the molecule is CN(C(=O)c1cc(C(=O)O)ccc1C=O)c1ccc(Cl)c(C(=O)NCc2cccnc2)c1. The zero-order valence-electron chi connectivity index (χ0n) is 16.9. The van der Waals surface area contributed by atoms with E-state index in [9.17, 15) is 24.3 Å². The van der Waals surface area contributed by atoms with Crippen LogP contribution >= 0.6 is 11.6 Å². The van der Waals surface area contributed by atoms with Crippen LogP contribution in [-0.2, 0) is 6.54 Å². The van der Waals surface area contributed by atoms with Crippen LogP contribution in [0.2, 0.25) is 5.02 Å². The smallest absolute Gasteiger partial charge is 0.335 e. The summed E-state index contributed by atoms with van der Waals surface area (Å²) in [5.41, 5.74) is 1.15. The summed E-state index contributed by atoms with van der Waals surface area (Å²) in [4.78, 5) is 53.5. The molecule has 0 aliphatic heterocycles. The molecule has 0 saturated heterocycles. The molecule has 0 bridgehead atoms. The third-order valence-corrected chi connectivity index (χ3v) is 5.05. The fourth-order valence-corrected chi connectivity index (χ4v) is 3.15. The number of hydrogen-bond acceptors (Lipinski definition) is 5. The van der Waals surface area contributed by atoms with E-state index in [0.717, 1.165) is 11.6 Å². The van der Waals surface area contributed by atoms with Crippen molar-refractivity contribution in [1.29, 1.82) is 0 Å². The van der Waals surface area contributed by atoms with Crippen molar-refractivity contribution in [1.82, 2.24) is 10.3 Å². The van der Waals surface area contributed by atoms with E-state index >= 15 is 0 Å². The van der Waals surface area contributed by atoms with Crippen molar-refractivity contribution < 1.29 is 24.3 Å². The second-order valence-electron chi connectivity index (χ2n) is 6.80. The van der Waals surface area contributed by atoms with Gasteiger partial charge in [0.1, 0.15) is 0 Å². The Morgan fingerprint density at radius 1 is 1.12 bits per heavy atom. The second kappa shape index (κ2) is 9.84. The molecular formula is C23H18ClN3O5. The van der Waals surface area contributed by atoms with Gasteiger partial charge < -0.3 is 15.3 Å². The summed E-state index contributed by atoms with van der Waals surface area (Å²) in [7, 11) is 1.45. The number of carbonyl (C=O) groups is 4. The average Bonchev–Trinajstić information content (AvgIpc) is 2.82. The fourth-order valence-electron chi connectivity index (χ4n) is 2.95. The number of benzene rings is 2. The molecule has 0 saturated carbocycles. The van der Waals surface area contributed by atoms with Crippen molar-refractivity contribution in [2.24, 2.45) is 0 Å². The summed E-state index contributed by atoms with van der Waals surface area (Å²) >= 11 is 6.19. The van der Waals surface area contributed by atoms with Gasteiger partial charge in [-0.1, -0.05) is 23.7 Å². The first kappa shape index (κ1) is 22.6. The summed E-state index contributed by atoms with van der Waals surface area (Å²) < 4.78 is 0. The van der Waals surface area contributed by atoms with Gasteiger partial charge in [0.25, 0.3) is 11.8 Å². The normalized spacial score (nSPS) is 10.3. The van der Waals surface area contributed by atoms with Crippen LogP contribution in [0, 0.1) is 0 Å². The Bertz CT molecular complexity index is 1200. The van der Waals surface area contributed by atoms with Crippen LogP contribution in [0.1, 0.15) is 47.0 Å². The van der Waals surface area contributed by atoms with Crippen molar-refractivity contribution in [3.05, 3.63) is 93.8 Å². The number of nitrogens with zero attached hydrogens (tertiary/aromatic N) is 2. The number of aromatic nitrogens is 1. The number of rotatable bonds is 7. The lowest BCUT2D eigenvalue weighted by atomic mass is 10.0. The first-order valence-corrected chi connectivity index (χ1v) is 9.77. The first-order valence-electron chi connectivity index (χ1n) is 9.39. The van der Waals surface area contributed by atoms with Crippen LogP contribution in [0.4, 0.5) is 5.69 Å². The summed E-state index contributed by atoms with van der Waals surface area (Å²) in [6.07, 6.45) is 3.73. The van der Waals surface area contributed by atoms with E-state index in [0.29, 0.717) is 12.0 Å². The number of hydrogen-bond donors (Lipinski definition) is 2. The topological polar surface area (TPSA) is 117 Å². The van der Waals surface area contributed by atoms with E-state index in [2.05, 4.69) is 10.3 Å². The number of pyridine rings is 1. The molecule has 9 heteroatoms. The molecule has 162 valence electrons. The van der Waals surface area contributed by atoms with Crippen LogP contribution in [0.15, 0.2) is 60.9 Å². The Morgan fingerprint density at radius 2 is 1.91 bits per heavy atom. The van der Waals surface area contributed by atoms with Gasteiger partial charge in [-0.25, -0.2) is 4.79 Å². The monoisotopic (exact) mass is 451 g/mol. The maximum absolute atomic E-state index is 13.0. The molecule has 2 N–H and O–H groups in total. The van der Waals surface area contributed by atoms with Crippen molar-refractivity contribution in [3.8, 4) is 0 Å². The summed E-state index contributed by atoms with van der Waals surface area (Å²) in [6.45, 7) is 0.243. The van der Waals surface area contributed by atoms with Crippen molar-refractivity contribution in [3.63, 3.8) is 0 Å². The molecule has 32 heavy (non-hydrogen) atoms. The second-order valence-corrected chi connectivity index (χ2v) is 7.20. The lowest BCUT2D eigenvalue weighted by Gasteiger charge is -2.20. The van der Waals surface area contributed by atoms with Gasteiger partial charge in [0.2, 0.25) is 0 Å². The minimum Gasteiger partial charge on any atom is -0.478 e. The van der Waals surface area contributed by atoms with E-state index < -0.39 is 17.8 Å². The lowest BCUT2D eigenvalue weighted by Crippen LogP contribution is -2.28. The molecule has 0 unspecified atom stereocenters. The maximum atomic E-state index is 13.0. The van der Waals surface area contributed by atoms with E-state index in [1.54, 1.807) is 24.5 Å². The zero-order chi connectivity index (χ0) is 23.3. The third-order valence-electron chi connectivity index (χ3n) is 4.72. The van der Waals surface area contributed by atoms with E-state index in [4.69, 9.17) is 11.6 Å². The molecule has 2 amide bonds. The van der Waals surface area contributed by atoms with Gasteiger partial charge >= 0.3 is 5.97 Å². The highest BCUT2D eigenvalue weighted by atomic mass is 35.5. The van der Waals surface area contributed by atoms with Crippen LogP contribution in [-0.4, -0.2) is 41.2 Å². The number of anilines is 1. The molecule has 1 heterocycles. The Kier molecular flexibility index (Phi) is 6.97. The zero-order valence-corrected chi connectivity index (χ0v) is 17.7. The van der Waals surface area contributed by atoms with Crippen molar-refractivity contribution in [2.75, 3.05) is 11.9 Å². The van der Waals surface area contributed by atoms with Crippen LogP contribution in [0.5, 0.6) is 0 Å². The predicted octanol–water partition coefficient (Wildman–Crippen LogP) is 3.45. The minimum absolute atomic E-state index is 0.0512. The number of carboxylic acid groups (broad SMARTS) is 1.